The van der Waals surface area contributed by atoms with E-state index in [2.05, 4.69) is 23.8 Å². The Morgan fingerprint density at radius 2 is 1.76 bits per heavy atom. The van der Waals surface area contributed by atoms with Gasteiger partial charge >= 0.3 is 5.97 Å². The van der Waals surface area contributed by atoms with Crippen molar-refractivity contribution < 1.29 is 13.9 Å². The number of fused-ring (bicyclic) bond motifs is 1. The van der Waals surface area contributed by atoms with Crippen molar-refractivity contribution in [2.24, 2.45) is 0 Å². The van der Waals surface area contributed by atoms with Gasteiger partial charge < -0.3 is 9.15 Å². The molecule has 4 aromatic rings. The predicted molar refractivity (Wildman–Crippen MR) is 112 cm³/mol. The maximum atomic E-state index is 12.9. The fourth-order valence-corrected chi connectivity index (χ4v) is 3.14. The number of carbonyl (C=O) groups excluding carboxylic acids is 1. The summed E-state index contributed by atoms with van der Waals surface area (Å²) in [6.07, 6.45) is 0. The fraction of sp³-hybridized carbons (Fsp3) is 0.208. The largest absolute Gasteiger partial charge is 0.455 e. The van der Waals surface area contributed by atoms with Crippen molar-refractivity contribution in [2.45, 2.75) is 33.3 Å². The summed E-state index contributed by atoms with van der Waals surface area (Å²) < 4.78 is 11.3. The normalized spacial score (nSPS) is 11.2. The van der Waals surface area contributed by atoms with E-state index in [9.17, 15) is 4.79 Å². The highest BCUT2D eigenvalue weighted by Gasteiger charge is 2.18. The van der Waals surface area contributed by atoms with Crippen LogP contribution in [0.5, 0.6) is 0 Å². The van der Waals surface area contributed by atoms with Crippen molar-refractivity contribution in [3.05, 3.63) is 83.4 Å². The van der Waals surface area contributed by atoms with E-state index in [-0.39, 0.29) is 12.5 Å². The molecular weight excluding hydrogens is 364 g/mol. The average Bonchev–Trinajstić information content (AvgIpc) is 3.12. The molecule has 0 amide bonds. The monoisotopic (exact) mass is 386 g/mol. The maximum absolute atomic E-state index is 12.9. The SMILES string of the molecule is Cc1oc(-c2ccccc2)nc1COC(=O)c1cc(C(C)C)nc2ccccc12. The summed E-state index contributed by atoms with van der Waals surface area (Å²) in [5.74, 6) is 0.969. The number of pyridine rings is 1. The third-order valence-corrected chi connectivity index (χ3v) is 4.80. The molecule has 0 fully saturated rings. The maximum Gasteiger partial charge on any atom is 0.339 e. The number of aryl methyl sites for hydroxylation is 1. The minimum Gasteiger partial charge on any atom is -0.455 e. The lowest BCUT2D eigenvalue weighted by atomic mass is 10.0. The van der Waals surface area contributed by atoms with Crippen LogP contribution in [0.2, 0.25) is 0 Å². The van der Waals surface area contributed by atoms with Crippen LogP contribution in [-0.4, -0.2) is 15.9 Å². The summed E-state index contributed by atoms with van der Waals surface area (Å²) in [5.41, 5.74) is 3.66. The van der Waals surface area contributed by atoms with Gasteiger partial charge in [-0.2, -0.15) is 0 Å². The summed E-state index contributed by atoms with van der Waals surface area (Å²) in [7, 11) is 0. The molecule has 2 aromatic carbocycles. The molecule has 146 valence electrons. The van der Waals surface area contributed by atoms with Crippen LogP contribution < -0.4 is 0 Å². The zero-order valence-electron chi connectivity index (χ0n) is 16.7. The van der Waals surface area contributed by atoms with Crippen molar-refractivity contribution in [3.8, 4) is 11.5 Å². The molecule has 0 saturated heterocycles. The molecule has 0 aliphatic rings. The summed E-state index contributed by atoms with van der Waals surface area (Å²) in [5, 5.41) is 0.781. The summed E-state index contributed by atoms with van der Waals surface area (Å²) in [6.45, 7) is 5.97. The first-order valence-electron chi connectivity index (χ1n) is 9.61. The average molecular weight is 386 g/mol. The van der Waals surface area contributed by atoms with Gasteiger partial charge in [0.25, 0.3) is 0 Å². The molecule has 0 N–H and O–H groups in total. The molecule has 0 aliphatic carbocycles. The highest BCUT2D eigenvalue weighted by Crippen LogP contribution is 2.25. The van der Waals surface area contributed by atoms with Crippen LogP contribution in [0, 0.1) is 6.92 Å². The number of carbonyl (C=O) groups is 1. The van der Waals surface area contributed by atoms with Crippen LogP contribution in [0.3, 0.4) is 0 Å². The van der Waals surface area contributed by atoms with E-state index in [0.29, 0.717) is 22.9 Å². The van der Waals surface area contributed by atoms with Crippen LogP contribution in [0.4, 0.5) is 0 Å². The van der Waals surface area contributed by atoms with Gasteiger partial charge in [0.15, 0.2) is 0 Å². The van der Waals surface area contributed by atoms with Gasteiger partial charge in [-0.3, -0.25) is 4.98 Å². The van der Waals surface area contributed by atoms with Gasteiger partial charge in [-0.25, -0.2) is 9.78 Å². The van der Waals surface area contributed by atoms with Crippen molar-refractivity contribution >= 4 is 16.9 Å². The highest BCUT2D eigenvalue weighted by molar-refractivity contribution is 6.03. The van der Waals surface area contributed by atoms with E-state index in [4.69, 9.17) is 9.15 Å². The van der Waals surface area contributed by atoms with Crippen molar-refractivity contribution in [1.82, 2.24) is 9.97 Å². The molecule has 0 aliphatic heterocycles. The minimum absolute atomic E-state index is 0.0503. The summed E-state index contributed by atoms with van der Waals surface area (Å²) >= 11 is 0. The number of para-hydroxylation sites is 1. The van der Waals surface area contributed by atoms with Gasteiger partial charge in [-0.15, -0.1) is 0 Å². The molecule has 5 heteroatoms. The van der Waals surface area contributed by atoms with Crippen LogP contribution >= 0.6 is 0 Å². The quantitative estimate of drug-likeness (QED) is 0.413. The van der Waals surface area contributed by atoms with E-state index in [1.165, 1.54) is 0 Å². The molecule has 5 nitrogen and oxygen atoms in total. The number of hydrogen-bond donors (Lipinski definition) is 0. The Morgan fingerprint density at radius 3 is 2.52 bits per heavy atom. The number of hydrogen-bond acceptors (Lipinski definition) is 5. The molecule has 0 spiro atoms. The molecule has 0 bridgehead atoms. The molecule has 0 unspecified atom stereocenters. The zero-order valence-corrected chi connectivity index (χ0v) is 16.7. The van der Waals surface area contributed by atoms with Crippen LogP contribution in [0.15, 0.2) is 65.1 Å². The van der Waals surface area contributed by atoms with Crippen LogP contribution in [0.1, 0.15) is 47.3 Å². The van der Waals surface area contributed by atoms with Crippen molar-refractivity contribution in [1.29, 1.82) is 0 Å². The van der Waals surface area contributed by atoms with Gasteiger partial charge in [-0.05, 0) is 37.1 Å². The lowest BCUT2D eigenvalue weighted by molar-refractivity contribution is 0.0469. The van der Waals surface area contributed by atoms with E-state index in [1.54, 1.807) is 0 Å². The Kier molecular flexibility index (Phi) is 5.12. The Balaban J connectivity index is 1.59. The predicted octanol–water partition coefficient (Wildman–Crippen LogP) is 5.68. The van der Waals surface area contributed by atoms with E-state index in [0.717, 1.165) is 22.2 Å². The van der Waals surface area contributed by atoms with Gasteiger partial charge in [0.05, 0.1) is 11.1 Å². The smallest absolute Gasteiger partial charge is 0.339 e. The minimum atomic E-state index is -0.394. The molecule has 2 heterocycles. The molecule has 0 radical (unpaired) electrons. The Hall–Kier alpha value is -3.47. The summed E-state index contributed by atoms with van der Waals surface area (Å²) in [6, 6.07) is 19.1. The van der Waals surface area contributed by atoms with Crippen molar-refractivity contribution in [2.75, 3.05) is 0 Å². The van der Waals surface area contributed by atoms with Crippen LogP contribution in [-0.2, 0) is 11.3 Å². The number of oxazole rings is 1. The first-order chi connectivity index (χ1) is 14.0. The molecule has 29 heavy (non-hydrogen) atoms. The Bertz CT molecular complexity index is 1160. The molecule has 0 atom stereocenters. The lowest BCUT2D eigenvalue weighted by Crippen LogP contribution is -2.09. The molecule has 0 saturated carbocycles. The zero-order chi connectivity index (χ0) is 20.4. The van der Waals surface area contributed by atoms with Gasteiger partial charge in [0, 0.05) is 16.6 Å². The van der Waals surface area contributed by atoms with E-state index >= 15 is 0 Å². The molecule has 4 rings (SSSR count). The topological polar surface area (TPSA) is 65.2 Å². The standard InChI is InChI=1S/C24H22N2O3/c1-15(2)21-13-19(18-11-7-8-12-20(18)25-21)24(27)28-14-22-16(3)29-23(26-22)17-9-5-4-6-10-17/h4-13,15H,14H2,1-3H3. The van der Waals surface area contributed by atoms with Gasteiger partial charge in [0.2, 0.25) is 5.89 Å². The highest BCUT2D eigenvalue weighted by atomic mass is 16.5. The number of nitrogens with zero attached hydrogens (tertiary/aromatic N) is 2. The third kappa shape index (κ3) is 3.90. The van der Waals surface area contributed by atoms with Crippen LogP contribution in [0.25, 0.3) is 22.4 Å². The number of ether oxygens (including phenoxy) is 1. The third-order valence-electron chi connectivity index (χ3n) is 4.80. The van der Waals surface area contributed by atoms with Crippen molar-refractivity contribution in [3.63, 3.8) is 0 Å². The summed E-state index contributed by atoms with van der Waals surface area (Å²) in [4.78, 5) is 22.0. The van der Waals surface area contributed by atoms with E-state index in [1.807, 2.05) is 67.6 Å². The molecule has 2 aromatic heterocycles. The van der Waals surface area contributed by atoms with Gasteiger partial charge in [-0.1, -0.05) is 50.2 Å². The first-order valence-corrected chi connectivity index (χ1v) is 9.61. The fourth-order valence-electron chi connectivity index (χ4n) is 3.14. The second kappa shape index (κ2) is 7.87. The number of benzene rings is 2. The number of rotatable bonds is 5. The Morgan fingerprint density at radius 1 is 1.03 bits per heavy atom. The Labute approximate surface area is 169 Å². The van der Waals surface area contributed by atoms with Gasteiger partial charge in [0.1, 0.15) is 18.1 Å². The number of esters is 1. The second-order valence-corrected chi connectivity index (χ2v) is 7.23. The number of aromatic nitrogens is 2. The second-order valence-electron chi connectivity index (χ2n) is 7.23. The molecular formula is C24H22N2O3. The lowest BCUT2D eigenvalue weighted by Gasteiger charge is -2.11. The first kappa shape index (κ1) is 18.9. The van der Waals surface area contributed by atoms with E-state index < -0.39 is 5.97 Å².